The van der Waals surface area contributed by atoms with E-state index < -0.39 is 0 Å². The molecule has 0 radical (unpaired) electrons. The zero-order valence-electron chi connectivity index (χ0n) is 9.97. The van der Waals surface area contributed by atoms with Gasteiger partial charge in [-0.15, -0.1) is 11.3 Å². The van der Waals surface area contributed by atoms with Crippen LogP contribution in [0.3, 0.4) is 0 Å². The predicted octanol–water partition coefficient (Wildman–Crippen LogP) is 2.26. The largest absolute Gasteiger partial charge is 0.319 e. The lowest BCUT2D eigenvalue weighted by Crippen LogP contribution is -2.27. The van der Waals surface area contributed by atoms with Gasteiger partial charge in [-0.2, -0.15) is 0 Å². The zero-order chi connectivity index (χ0) is 11.1. The van der Waals surface area contributed by atoms with E-state index in [2.05, 4.69) is 36.6 Å². The summed E-state index contributed by atoms with van der Waals surface area (Å²) in [5.41, 5.74) is 0. The molecule has 1 unspecified atom stereocenters. The van der Waals surface area contributed by atoms with Crippen LogP contribution in [0.2, 0.25) is 0 Å². The van der Waals surface area contributed by atoms with Gasteiger partial charge >= 0.3 is 0 Å². The molecule has 0 saturated carbocycles. The van der Waals surface area contributed by atoms with E-state index in [0.29, 0.717) is 5.92 Å². The fraction of sp³-hybridized carbons (Fsp3) is 0.667. The molecule has 2 N–H and O–H groups in total. The van der Waals surface area contributed by atoms with Crippen molar-refractivity contribution in [3.63, 3.8) is 0 Å². The summed E-state index contributed by atoms with van der Waals surface area (Å²) in [6, 6.07) is 4.47. The number of hydrogen-bond acceptors (Lipinski definition) is 3. The summed E-state index contributed by atoms with van der Waals surface area (Å²) < 4.78 is 0. The predicted molar refractivity (Wildman–Crippen MR) is 68.5 cm³/mol. The lowest BCUT2D eigenvalue weighted by Gasteiger charge is -2.10. The molecule has 0 aliphatic heterocycles. The maximum Gasteiger partial charge on any atom is 0.0299 e. The van der Waals surface area contributed by atoms with E-state index in [1.54, 1.807) is 0 Å². The van der Waals surface area contributed by atoms with Crippen LogP contribution in [0.1, 0.15) is 23.6 Å². The van der Waals surface area contributed by atoms with E-state index in [0.717, 1.165) is 26.1 Å². The van der Waals surface area contributed by atoms with E-state index in [9.17, 15) is 0 Å². The smallest absolute Gasteiger partial charge is 0.0299 e. The van der Waals surface area contributed by atoms with E-state index in [1.807, 2.05) is 18.4 Å². The van der Waals surface area contributed by atoms with Crippen molar-refractivity contribution in [1.82, 2.24) is 10.6 Å². The Morgan fingerprint density at radius 3 is 2.60 bits per heavy atom. The van der Waals surface area contributed by atoms with Gasteiger partial charge in [0.05, 0.1) is 0 Å². The molecule has 0 aromatic carbocycles. The Balaban J connectivity index is 2.19. The lowest BCUT2D eigenvalue weighted by atomic mass is 10.2. The lowest BCUT2D eigenvalue weighted by molar-refractivity contribution is 0.493. The van der Waals surface area contributed by atoms with Crippen LogP contribution in [0.25, 0.3) is 0 Å². The standard InChI is InChI=1S/C12H22N2S/c1-4-11-5-6-12(15-11)9-14-8-10(2)7-13-3/h5-6,10,13-14H,4,7-9H2,1-3H3. The van der Waals surface area contributed by atoms with Crippen LogP contribution in [-0.4, -0.2) is 20.1 Å². The maximum absolute atomic E-state index is 3.49. The molecular weight excluding hydrogens is 204 g/mol. The first kappa shape index (κ1) is 12.7. The Morgan fingerprint density at radius 2 is 2.00 bits per heavy atom. The summed E-state index contributed by atoms with van der Waals surface area (Å²) in [5.74, 6) is 0.695. The third kappa shape index (κ3) is 4.78. The molecule has 1 aromatic rings. The molecule has 3 heteroatoms. The second-order valence-electron chi connectivity index (χ2n) is 4.02. The maximum atomic E-state index is 3.49. The molecule has 0 saturated heterocycles. The third-order valence-electron chi connectivity index (χ3n) is 2.41. The van der Waals surface area contributed by atoms with Crippen molar-refractivity contribution in [2.24, 2.45) is 5.92 Å². The highest BCUT2D eigenvalue weighted by Crippen LogP contribution is 2.16. The highest BCUT2D eigenvalue weighted by molar-refractivity contribution is 7.11. The average molecular weight is 226 g/mol. The first-order valence-electron chi connectivity index (χ1n) is 5.69. The van der Waals surface area contributed by atoms with Gasteiger partial charge in [-0.05, 0) is 44.6 Å². The van der Waals surface area contributed by atoms with Crippen LogP contribution in [0.15, 0.2) is 12.1 Å². The Hall–Kier alpha value is -0.380. The molecule has 1 rings (SSSR count). The van der Waals surface area contributed by atoms with Gasteiger partial charge in [0.15, 0.2) is 0 Å². The average Bonchev–Trinajstić information content (AvgIpc) is 2.66. The molecule has 0 aliphatic carbocycles. The van der Waals surface area contributed by atoms with Crippen LogP contribution >= 0.6 is 11.3 Å². The van der Waals surface area contributed by atoms with E-state index >= 15 is 0 Å². The van der Waals surface area contributed by atoms with Gasteiger partial charge in [0.1, 0.15) is 0 Å². The number of nitrogens with one attached hydrogen (secondary N) is 2. The van der Waals surface area contributed by atoms with Crippen LogP contribution in [0, 0.1) is 5.92 Å². The summed E-state index contributed by atoms with van der Waals surface area (Å²) in [6.07, 6.45) is 1.15. The Labute approximate surface area is 97.1 Å². The molecule has 0 bridgehead atoms. The molecule has 0 spiro atoms. The van der Waals surface area contributed by atoms with Crippen molar-refractivity contribution in [3.8, 4) is 0 Å². The monoisotopic (exact) mass is 226 g/mol. The molecule has 0 fully saturated rings. The van der Waals surface area contributed by atoms with E-state index in [-0.39, 0.29) is 0 Å². The van der Waals surface area contributed by atoms with Crippen LogP contribution in [-0.2, 0) is 13.0 Å². The van der Waals surface area contributed by atoms with E-state index in [1.165, 1.54) is 9.75 Å². The van der Waals surface area contributed by atoms with Gasteiger partial charge in [0.2, 0.25) is 0 Å². The topological polar surface area (TPSA) is 24.1 Å². The van der Waals surface area contributed by atoms with Crippen molar-refractivity contribution in [3.05, 3.63) is 21.9 Å². The molecule has 1 atom stereocenters. The van der Waals surface area contributed by atoms with Crippen LogP contribution in [0.4, 0.5) is 0 Å². The zero-order valence-corrected chi connectivity index (χ0v) is 10.8. The first-order valence-corrected chi connectivity index (χ1v) is 6.50. The van der Waals surface area contributed by atoms with Crippen LogP contribution in [0.5, 0.6) is 0 Å². The molecule has 2 nitrogen and oxygen atoms in total. The van der Waals surface area contributed by atoms with Gasteiger partial charge < -0.3 is 10.6 Å². The molecule has 0 amide bonds. The summed E-state index contributed by atoms with van der Waals surface area (Å²) in [7, 11) is 2.00. The molecule has 86 valence electrons. The highest BCUT2D eigenvalue weighted by Gasteiger charge is 2.01. The summed E-state index contributed by atoms with van der Waals surface area (Å²) in [5, 5.41) is 6.69. The van der Waals surface area contributed by atoms with Gasteiger partial charge in [0.25, 0.3) is 0 Å². The van der Waals surface area contributed by atoms with Gasteiger partial charge in [0, 0.05) is 16.3 Å². The van der Waals surface area contributed by atoms with Gasteiger partial charge in [-0.1, -0.05) is 13.8 Å². The van der Waals surface area contributed by atoms with E-state index in [4.69, 9.17) is 0 Å². The molecule has 15 heavy (non-hydrogen) atoms. The quantitative estimate of drug-likeness (QED) is 0.745. The van der Waals surface area contributed by atoms with Gasteiger partial charge in [-0.3, -0.25) is 0 Å². The second-order valence-corrected chi connectivity index (χ2v) is 5.27. The van der Waals surface area contributed by atoms with Gasteiger partial charge in [-0.25, -0.2) is 0 Å². The summed E-state index contributed by atoms with van der Waals surface area (Å²) >= 11 is 1.92. The Kier molecular flexibility index (Phi) is 5.91. The number of thiophene rings is 1. The van der Waals surface area contributed by atoms with Crippen molar-refractivity contribution in [1.29, 1.82) is 0 Å². The van der Waals surface area contributed by atoms with Crippen molar-refractivity contribution < 1.29 is 0 Å². The van der Waals surface area contributed by atoms with Crippen molar-refractivity contribution in [2.75, 3.05) is 20.1 Å². The molecular formula is C12H22N2S. The fourth-order valence-corrected chi connectivity index (χ4v) is 2.50. The number of rotatable bonds is 7. The van der Waals surface area contributed by atoms with Crippen molar-refractivity contribution >= 4 is 11.3 Å². The second kappa shape index (κ2) is 6.99. The molecule has 1 heterocycles. The summed E-state index contributed by atoms with van der Waals surface area (Å²) in [6.45, 7) is 7.64. The minimum absolute atomic E-state index is 0.695. The number of aryl methyl sites for hydroxylation is 1. The SMILES string of the molecule is CCc1ccc(CNCC(C)CNC)s1. The Morgan fingerprint density at radius 1 is 1.27 bits per heavy atom. The minimum atomic E-state index is 0.695. The highest BCUT2D eigenvalue weighted by atomic mass is 32.1. The summed E-state index contributed by atoms with van der Waals surface area (Å²) in [4.78, 5) is 2.93. The normalized spacial score (nSPS) is 13.0. The minimum Gasteiger partial charge on any atom is -0.319 e. The van der Waals surface area contributed by atoms with Crippen molar-refractivity contribution in [2.45, 2.75) is 26.8 Å². The first-order chi connectivity index (χ1) is 7.26. The molecule has 0 aliphatic rings. The fourth-order valence-electron chi connectivity index (χ4n) is 1.57. The Bertz CT molecular complexity index is 270. The third-order valence-corrected chi connectivity index (χ3v) is 3.64. The number of hydrogen-bond donors (Lipinski definition) is 2. The molecule has 1 aromatic heterocycles. The van der Waals surface area contributed by atoms with Crippen LogP contribution < -0.4 is 10.6 Å².